The van der Waals surface area contributed by atoms with Crippen LogP contribution in [0.1, 0.15) is 12.6 Å². The fourth-order valence-corrected chi connectivity index (χ4v) is 2.66. The topological polar surface area (TPSA) is 98.9 Å². The number of hydrogen-bond donors (Lipinski definition) is 1. The van der Waals surface area contributed by atoms with Gasteiger partial charge in [0.1, 0.15) is 6.54 Å². The minimum Gasteiger partial charge on any atom is -0.353 e. The average Bonchev–Trinajstić information content (AvgIpc) is 2.71. The fourth-order valence-electron chi connectivity index (χ4n) is 2.66. The summed E-state index contributed by atoms with van der Waals surface area (Å²) in [6, 6.07) is 14.1. The Morgan fingerprint density at radius 1 is 1.07 bits per heavy atom. The molecule has 0 saturated heterocycles. The summed E-state index contributed by atoms with van der Waals surface area (Å²) < 4.78 is 2.56. The first-order chi connectivity index (χ1) is 13.6. The molecule has 0 saturated carbocycles. The standard InChI is InChI=1S/C20H21N5O3/c1-2-16-12-20(28)24(14-22-16)13-18(26)21-10-11-25-19(27)9-8-17(23-25)15-6-4-3-5-7-15/h3-9,12,14H,2,10-11,13H2,1H3,(H,21,26). The summed E-state index contributed by atoms with van der Waals surface area (Å²) >= 11 is 0. The van der Waals surface area contributed by atoms with E-state index in [1.165, 1.54) is 27.7 Å². The summed E-state index contributed by atoms with van der Waals surface area (Å²) in [4.78, 5) is 40.1. The van der Waals surface area contributed by atoms with Crippen molar-refractivity contribution in [1.82, 2.24) is 24.6 Å². The van der Waals surface area contributed by atoms with Crippen molar-refractivity contribution < 1.29 is 4.79 Å². The Hall–Kier alpha value is -3.55. The zero-order valence-corrected chi connectivity index (χ0v) is 15.5. The Morgan fingerprint density at radius 3 is 2.57 bits per heavy atom. The molecule has 2 heterocycles. The maximum atomic E-state index is 12.1. The van der Waals surface area contributed by atoms with Gasteiger partial charge in [0.25, 0.3) is 11.1 Å². The highest BCUT2D eigenvalue weighted by Crippen LogP contribution is 2.13. The number of nitrogens with zero attached hydrogens (tertiary/aromatic N) is 4. The molecule has 0 radical (unpaired) electrons. The van der Waals surface area contributed by atoms with E-state index in [0.717, 1.165) is 5.56 Å². The predicted octanol–water partition coefficient (Wildman–Crippen LogP) is 0.846. The van der Waals surface area contributed by atoms with Gasteiger partial charge in [-0.1, -0.05) is 37.3 Å². The van der Waals surface area contributed by atoms with Crippen molar-refractivity contribution in [2.45, 2.75) is 26.4 Å². The molecule has 8 nitrogen and oxygen atoms in total. The normalized spacial score (nSPS) is 10.6. The van der Waals surface area contributed by atoms with Crippen LogP contribution in [0.4, 0.5) is 0 Å². The van der Waals surface area contributed by atoms with Crippen LogP contribution in [-0.4, -0.2) is 31.8 Å². The summed E-state index contributed by atoms with van der Waals surface area (Å²) in [5.74, 6) is -0.333. The Labute approximate surface area is 161 Å². The van der Waals surface area contributed by atoms with E-state index in [4.69, 9.17) is 0 Å². The molecule has 3 rings (SSSR count). The summed E-state index contributed by atoms with van der Waals surface area (Å²) in [6.07, 6.45) is 2.03. The number of hydrogen-bond acceptors (Lipinski definition) is 5. The van der Waals surface area contributed by atoms with Gasteiger partial charge in [-0.3, -0.25) is 19.0 Å². The number of aromatic nitrogens is 4. The van der Waals surface area contributed by atoms with E-state index in [1.807, 2.05) is 37.3 Å². The van der Waals surface area contributed by atoms with Gasteiger partial charge in [0.15, 0.2) is 0 Å². The zero-order valence-electron chi connectivity index (χ0n) is 15.5. The average molecular weight is 379 g/mol. The van der Waals surface area contributed by atoms with Crippen LogP contribution >= 0.6 is 0 Å². The van der Waals surface area contributed by atoms with Crippen LogP contribution in [0.2, 0.25) is 0 Å². The highest BCUT2D eigenvalue weighted by atomic mass is 16.2. The van der Waals surface area contributed by atoms with Crippen LogP contribution in [0.15, 0.2) is 64.4 Å². The molecule has 0 unspecified atom stereocenters. The van der Waals surface area contributed by atoms with Gasteiger partial charge in [0, 0.05) is 29.9 Å². The third-order valence-electron chi connectivity index (χ3n) is 4.19. The first kappa shape index (κ1) is 19.2. The maximum Gasteiger partial charge on any atom is 0.266 e. The van der Waals surface area contributed by atoms with Gasteiger partial charge >= 0.3 is 0 Å². The lowest BCUT2D eigenvalue weighted by molar-refractivity contribution is -0.121. The predicted molar refractivity (Wildman–Crippen MR) is 105 cm³/mol. The SMILES string of the molecule is CCc1cc(=O)n(CC(=O)NCCn2nc(-c3ccccc3)ccc2=O)cn1. The van der Waals surface area contributed by atoms with Crippen LogP contribution in [-0.2, 0) is 24.3 Å². The van der Waals surface area contributed by atoms with Crippen LogP contribution in [0.5, 0.6) is 0 Å². The molecule has 0 aliphatic heterocycles. The van der Waals surface area contributed by atoms with Crippen LogP contribution in [0, 0.1) is 0 Å². The van der Waals surface area contributed by atoms with Crippen molar-refractivity contribution in [3.63, 3.8) is 0 Å². The van der Waals surface area contributed by atoms with Crippen molar-refractivity contribution in [2.75, 3.05) is 6.54 Å². The summed E-state index contributed by atoms with van der Waals surface area (Å²) in [6.45, 7) is 2.23. The molecule has 1 aromatic carbocycles. The van der Waals surface area contributed by atoms with E-state index in [2.05, 4.69) is 15.4 Å². The molecule has 1 N–H and O–H groups in total. The molecule has 28 heavy (non-hydrogen) atoms. The number of amides is 1. The van der Waals surface area contributed by atoms with Crippen molar-refractivity contribution in [3.05, 3.63) is 81.3 Å². The van der Waals surface area contributed by atoms with Crippen molar-refractivity contribution in [2.24, 2.45) is 0 Å². The molecule has 144 valence electrons. The van der Waals surface area contributed by atoms with E-state index in [0.29, 0.717) is 17.8 Å². The number of aryl methyl sites for hydroxylation is 1. The minimum absolute atomic E-state index is 0.123. The molecule has 8 heteroatoms. The second-order valence-electron chi connectivity index (χ2n) is 6.20. The lowest BCUT2D eigenvalue weighted by Gasteiger charge is -2.09. The van der Waals surface area contributed by atoms with Crippen molar-refractivity contribution in [3.8, 4) is 11.3 Å². The van der Waals surface area contributed by atoms with E-state index in [1.54, 1.807) is 6.07 Å². The number of nitrogens with one attached hydrogen (secondary N) is 1. The quantitative estimate of drug-likeness (QED) is 0.656. The van der Waals surface area contributed by atoms with E-state index in [-0.39, 0.29) is 36.7 Å². The molecule has 3 aromatic rings. The molecule has 1 amide bonds. The van der Waals surface area contributed by atoms with E-state index in [9.17, 15) is 14.4 Å². The van der Waals surface area contributed by atoms with Gasteiger partial charge in [-0.25, -0.2) is 9.67 Å². The Bertz CT molecular complexity index is 1070. The summed E-state index contributed by atoms with van der Waals surface area (Å²) in [7, 11) is 0. The smallest absolute Gasteiger partial charge is 0.266 e. The highest BCUT2D eigenvalue weighted by Gasteiger charge is 2.07. The lowest BCUT2D eigenvalue weighted by atomic mass is 10.1. The molecule has 0 fully saturated rings. The van der Waals surface area contributed by atoms with Crippen LogP contribution in [0.25, 0.3) is 11.3 Å². The molecule has 0 bridgehead atoms. The molecule has 2 aromatic heterocycles. The Morgan fingerprint density at radius 2 is 1.86 bits per heavy atom. The second-order valence-corrected chi connectivity index (χ2v) is 6.20. The van der Waals surface area contributed by atoms with Crippen molar-refractivity contribution >= 4 is 5.91 Å². The minimum atomic E-state index is -0.333. The van der Waals surface area contributed by atoms with Gasteiger partial charge in [-0.15, -0.1) is 0 Å². The molecular formula is C20H21N5O3. The number of benzene rings is 1. The maximum absolute atomic E-state index is 12.1. The summed E-state index contributed by atoms with van der Waals surface area (Å²) in [5.41, 5.74) is 1.76. The largest absolute Gasteiger partial charge is 0.353 e. The Balaban J connectivity index is 1.60. The number of carbonyl (C=O) groups is 1. The first-order valence-electron chi connectivity index (χ1n) is 9.02. The van der Waals surface area contributed by atoms with Gasteiger partial charge in [0.05, 0.1) is 18.6 Å². The van der Waals surface area contributed by atoms with E-state index >= 15 is 0 Å². The molecular weight excluding hydrogens is 358 g/mol. The molecule has 0 aliphatic rings. The molecule has 0 spiro atoms. The number of carbonyl (C=O) groups excluding carboxylic acids is 1. The first-order valence-corrected chi connectivity index (χ1v) is 9.02. The van der Waals surface area contributed by atoms with Crippen LogP contribution < -0.4 is 16.4 Å². The lowest BCUT2D eigenvalue weighted by Crippen LogP contribution is -2.36. The highest BCUT2D eigenvalue weighted by molar-refractivity contribution is 5.75. The zero-order chi connectivity index (χ0) is 19.9. The van der Waals surface area contributed by atoms with Gasteiger partial charge in [-0.2, -0.15) is 5.10 Å². The second kappa shape index (κ2) is 8.90. The third kappa shape index (κ3) is 4.79. The third-order valence-corrected chi connectivity index (χ3v) is 4.19. The number of rotatable bonds is 7. The van der Waals surface area contributed by atoms with Crippen LogP contribution in [0.3, 0.4) is 0 Å². The fraction of sp³-hybridized carbons (Fsp3) is 0.250. The van der Waals surface area contributed by atoms with Crippen molar-refractivity contribution in [1.29, 1.82) is 0 Å². The monoisotopic (exact) mass is 379 g/mol. The molecule has 0 atom stereocenters. The Kier molecular flexibility index (Phi) is 6.11. The van der Waals surface area contributed by atoms with Gasteiger partial charge in [-0.05, 0) is 12.5 Å². The van der Waals surface area contributed by atoms with E-state index < -0.39 is 0 Å². The summed E-state index contributed by atoms with van der Waals surface area (Å²) in [5, 5.41) is 7.04. The molecule has 0 aliphatic carbocycles. The van der Waals surface area contributed by atoms with Gasteiger partial charge < -0.3 is 5.32 Å². The van der Waals surface area contributed by atoms with Gasteiger partial charge in [0.2, 0.25) is 5.91 Å².